The van der Waals surface area contributed by atoms with E-state index in [0.717, 1.165) is 19.5 Å². The second-order valence-corrected chi connectivity index (χ2v) is 3.59. The molecular formula is C11H14N4O. The monoisotopic (exact) mass is 218 g/mol. The van der Waals surface area contributed by atoms with Gasteiger partial charge < -0.3 is 11.1 Å². The number of guanidine groups is 1. The topological polar surface area (TPSA) is 79.5 Å². The lowest BCUT2D eigenvalue weighted by Gasteiger charge is -2.15. The Labute approximate surface area is 93.7 Å². The second-order valence-electron chi connectivity index (χ2n) is 3.59. The van der Waals surface area contributed by atoms with Gasteiger partial charge in [0.25, 0.3) is 5.91 Å². The fourth-order valence-electron chi connectivity index (χ4n) is 1.48. The van der Waals surface area contributed by atoms with Crippen molar-refractivity contribution >= 4 is 17.6 Å². The number of nitrogens with two attached hydrogens (primary N) is 1. The number of carbonyl (C=O) groups is 1. The van der Waals surface area contributed by atoms with Gasteiger partial charge in [-0.25, -0.2) is 0 Å². The number of rotatable bonds is 1. The Morgan fingerprint density at radius 3 is 3.06 bits per heavy atom. The summed E-state index contributed by atoms with van der Waals surface area (Å²) in [6.07, 6.45) is 0.998. The molecule has 1 amide bonds. The Morgan fingerprint density at radius 2 is 2.38 bits per heavy atom. The van der Waals surface area contributed by atoms with E-state index < -0.39 is 0 Å². The maximum absolute atomic E-state index is 11.8. The first-order valence-electron chi connectivity index (χ1n) is 5.21. The van der Waals surface area contributed by atoms with Crippen molar-refractivity contribution in [3.63, 3.8) is 0 Å². The highest BCUT2D eigenvalue weighted by Crippen LogP contribution is 2.06. The molecule has 1 aromatic carbocycles. The average Bonchev–Trinajstić information content (AvgIpc) is 2.30. The molecule has 2 rings (SSSR count). The number of hydrogen-bond donors (Lipinski definition) is 3. The van der Waals surface area contributed by atoms with Crippen molar-refractivity contribution in [1.29, 1.82) is 0 Å². The van der Waals surface area contributed by atoms with Crippen LogP contribution in [0.4, 0.5) is 5.69 Å². The SMILES string of the molecule is Nc1cccc(C(=O)NC2=NCCCN2)c1. The lowest BCUT2D eigenvalue weighted by atomic mass is 10.2. The molecule has 1 heterocycles. The number of nitrogens with one attached hydrogen (secondary N) is 2. The quantitative estimate of drug-likeness (QED) is 0.595. The maximum atomic E-state index is 11.8. The first kappa shape index (κ1) is 10.5. The van der Waals surface area contributed by atoms with Crippen molar-refractivity contribution in [2.75, 3.05) is 18.8 Å². The molecule has 0 aromatic heterocycles. The minimum atomic E-state index is -0.194. The third-order valence-corrected chi connectivity index (χ3v) is 2.28. The zero-order valence-corrected chi connectivity index (χ0v) is 8.86. The Balaban J connectivity index is 2.05. The molecule has 0 unspecified atom stereocenters. The lowest BCUT2D eigenvalue weighted by Crippen LogP contribution is -2.43. The Hall–Kier alpha value is -2.04. The summed E-state index contributed by atoms with van der Waals surface area (Å²) in [5, 5.41) is 5.73. The average molecular weight is 218 g/mol. The van der Waals surface area contributed by atoms with E-state index in [-0.39, 0.29) is 5.91 Å². The van der Waals surface area contributed by atoms with Gasteiger partial charge in [-0.1, -0.05) is 6.07 Å². The zero-order valence-electron chi connectivity index (χ0n) is 8.86. The Kier molecular flexibility index (Phi) is 3.05. The molecule has 0 bridgehead atoms. The van der Waals surface area contributed by atoms with Gasteiger partial charge in [-0.2, -0.15) is 0 Å². The zero-order chi connectivity index (χ0) is 11.4. The van der Waals surface area contributed by atoms with Crippen molar-refractivity contribution in [3.8, 4) is 0 Å². The summed E-state index contributed by atoms with van der Waals surface area (Å²) in [7, 11) is 0. The van der Waals surface area contributed by atoms with Crippen LogP contribution in [0.3, 0.4) is 0 Å². The molecule has 1 aromatic rings. The van der Waals surface area contributed by atoms with E-state index in [4.69, 9.17) is 5.73 Å². The molecular weight excluding hydrogens is 204 g/mol. The maximum Gasteiger partial charge on any atom is 0.258 e. The van der Waals surface area contributed by atoms with Crippen LogP contribution in [-0.4, -0.2) is 25.0 Å². The molecule has 0 saturated carbocycles. The number of aliphatic imine (C=N–C) groups is 1. The highest BCUT2D eigenvalue weighted by molar-refractivity contribution is 6.06. The Bertz CT molecular complexity index is 428. The van der Waals surface area contributed by atoms with Crippen molar-refractivity contribution in [1.82, 2.24) is 10.6 Å². The molecule has 5 nitrogen and oxygen atoms in total. The fourth-order valence-corrected chi connectivity index (χ4v) is 1.48. The van der Waals surface area contributed by atoms with Crippen molar-refractivity contribution < 1.29 is 4.79 Å². The van der Waals surface area contributed by atoms with E-state index in [1.54, 1.807) is 24.3 Å². The van der Waals surface area contributed by atoms with E-state index in [2.05, 4.69) is 15.6 Å². The summed E-state index contributed by atoms with van der Waals surface area (Å²) in [6.45, 7) is 1.59. The minimum Gasteiger partial charge on any atom is -0.399 e. The van der Waals surface area contributed by atoms with Crippen LogP contribution in [0.1, 0.15) is 16.8 Å². The lowest BCUT2D eigenvalue weighted by molar-refractivity contribution is 0.0975. The predicted molar refractivity (Wildman–Crippen MR) is 63.2 cm³/mol. The Morgan fingerprint density at radius 1 is 1.50 bits per heavy atom. The van der Waals surface area contributed by atoms with Crippen LogP contribution in [0.5, 0.6) is 0 Å². The number of nitrogens with zero attached hydrogens (tertiary/aromatic N) is 1. The van der Waals surface area contributed by atoms with Gasteiger partial charge in [-0.3, -0.25) is 15.1 Å². The standard InChI is InChI=1S/C11H14N4O/c12-9-4-1-3-8(7-9)10(16)15-11-13-5-2-6-14-11/h1,3-4,7H,2,5-6,12H2,(H2,13,14,15,16). The summed E-state index contributed by atoms with van der Waals surface area (Å²) in [5.74, 6) is 0.346. The smallest absolute Gasteiger partial charge is 0.258 e. The summed E-state index contributed by atoms with van der Waals surface area (Å²) in [5.41, 5.74) is 6.72. The molecule has 0 spiro atoms. The number of benzene rings is 1. The van der Waals surface area contributed by atoms with Crippen LogP contribution in [0.25, 0.3) is 0 Å². The summed E-state index contributed by atoms with van der Waals surface area (Å²) in [6, 6.07) is 6.85. The van der Waals surface area contributed by atoms with Crippen LogP contribution in [0.15, 0.2) is 29.3 Å². The van der Waals surface area contributed by atoms with E-state index in [1.807, 2.05) is 0 Å². The molecule has 0 aliphatic carbocycles. The van der Waals surface area contributed by atoms with Crippen molar-refractivity contribution in [2.24, 2.45) is 4.99 Å². The molecule has 84 valence electrons. The highest BCUT2D eigenvalue weighted by atomic mass is 16.1. The van der Waals surface area contributed by atoms with E-state index in [9.17, 15) is 4.79 Å². The summed E-state index contributed by atoms with van der Waals surface area (Å²) < 4.78 is 0. The normalized spacial score (nSPS) is 14.9. The van der Waals surface area contributed by atoms with Crippen LogP contribution in [-0.2, 0) is 0 Å². The fraction of sp³-hybridized carbons (Fsp3) is 0.273. The molecule has 0 atom stereocenters. The second kappa shape index (κ2) is 4.65. The molecule has 0 fully saturated rings. The van der Waals surface area contributed by atoms with Crippen LogP contribution in [0.2, 0.25) is 0 Å². The van der Waals surface area contributed by atoms with Crippen molar-refractivity contribution in [3.05, 3.63) is 29.8 Å². The number of hydrogen-bond acceptors (Lipinski definition) is 4. The summed E-state index contributed by atoms with van der Waals surface area (Å²) in [4.78, 5) is 15.9. The highest BCUT2D eigenvalue weighted by Gasteiger charge is 2.10. The first-order valence-corrected chi connectivity index (χ1v) is 5.21. The third kappa shape index (κ3) is 2.50. The molecule has 1 aliphatic rings. The molecule has 5 heteroatoms. The molecule has 4 N–H and O–H groups in total. The largest absolute Gasteiger partial charge is 0.399 e. The van der Waals surface area contributed by atoms with Gasteiger partial charge in [0.1, 0.15) is 0 Å². The van der Waals surface area contributed by atoms with Crippen LogP contribution in [0, 0.1) is 0 Å². The number of anilines is 1. The van der Waals surface area contributed by atoms with Crippen molar-refractivity contribution in [2.45, 2.75) is 6.42 Å². The van der Waals surface area contributed by atoms with Gasteiger partial charge >= 0.3 is 0 Å². The van der Waals surface area contributed by atoms with Gasteiger partial charge in [0.2, 0.25) is 0 Å². The van der Waals surface area contributed by atoms with Gasteiger partial charge in [-0.15, -0.1) is 0 Å². The van der Waals surface area contributed by atoms with Gasteiger partial charge in [0.05, 0.1) is 0 Å². The van der Waals surface area contributed by atoms with Gasteiger partial charge in [-0.05, 0) is 24.6 Å². The molecule has 0 radical (unpaired) electrons. The number of amides is 1. The number of nitrogen functional groups attached to an aromatic ring is 1. The molecule has 16 heavy (non-hydrogen) atoms. The summed E-state index contributed by atoms with van der Waals surface area (Å²) >= 11 is 0. The predicted octanol–water partition coefficient (Wildman–Crippen LogP) is 0.348. The van der Waals surface area contributed by atoms with Gasteiger partial charge in [0.15, 0.2) is 5.96 Å². The van der Waals surface area contributed by atoms with E-state index in [1.165, 1.54) is 0 Å². The van der Waals surface area contributed by atoms with Crippen LogP contribution >= 0.6 is 0 Å². The molecule has 1 aliphatic heterocycles. The minimum absolute atomic E-state index is 0.194. The van der Waals surface area contributed by atoms with Crippen LogP contribution < -0.4 is 16.4 Å². The third-order valence-electron chi connectivity index (χ3n) is 2.28. The number of carbonyl (C=O) groups excluding carboxylic acids is 1. The molecule has 0 saturated heterocycles. The van der Waals surface area contributed by atoms with E-state index >= 15 is 0 Å². The van der Waals surface area contributed by atoms with Gasteiger partial charge in [0, 0.05) is 24.3 Å². The van der Waals surface area contributed by atoms with E-state index in [0.29, 0.717) is 17.2 Å². The first-order chi connectivity index (χ1) is 7.75.